The molecule has 4 amide bonds. The minimum atomic E-state index is -0.988. The van der Waals surface area contributed by atoms with E-state index >= 15 is 0 Å². The Hall–Kier alpha value is -4.48. The molecule has 3 aromatic rings. The van der Waals surface area contributed by atoms with E-state index in [2.05, 4.69) is 15.4 Å². The highest BCUT2D eigenvalue weighted by Gasteiger charge is 2.45. The number of nitrogens with zero attached hydrogens (tertiary/aromatic N) is 4. The number of hydroxylamine groups is 1. The van der Waals surface area contributed by atoms with Gasteiger partial charge in [0.2, 0.25) is 5.88 Å². The minimum absolute atomic E-state index is 0.00631. The Morgan fingerprint density at radius 3 is 2.37 bits per heavy atom. The fourth-order valence-corrected chi connectivity index (χ4v) is 5.45. The molecule has 5 rings (SSSR count). The van der Waals surface area contributed by atoms with Crippen molar-refractivity contribution < 1.29 is 29.1 Å². The predicted octanol–water partition coefficient (Wildman–Crippen LogP) is 4.59. The number of hydrogen-bond donors (Lipinski definition) is 2. The van der Waals surface area contributed by atoms with Gasteiger partial charge in [-0.05, 0) is 55.2 Å². The van der Waals surface area contributed by atoms with Gasteiger partial charge in [-0.25, -0.2) is 29.7 Å². The lowest BCUT2D eigenvalue weighted by molar-refractivity contribution is 0.0696. The summed E-state index contributed by atoms with van der Waals surface area (Å²) in [6, 6.07) is 18.7. The molecule has 2 N–H and O–H groups in total. The Kier molecular flexibility index (Phi) is 8.46. The van der Waals surface area contributed by atoms with Crippen LogP contribution in [-0.2, 0) is 11.4 Å². The number of carboxylic acid groups (broad SMARTS) is 1. The summed E-state index contributed by atoms with van der Waals surface area (Å²) in [4.78, 5) is 51.8. The molecule has 2 saturated heterocycles. The molecule has 1 atom stereocenters. The highest BCUT2D eigenvalue weighted by Crippen LogP contribution is 2.35. The van der Waals surface area contributed by atoms with Crippen LogP contribution < -0.4 is 10.2 Å². The number of amides is 4. The average molecular weight is 560 g/mol. The zero-order chi connectivity index (χ0) is 28.9. The first-order valence-electron chi connectivity index (χ1n) is 13.5. The average Bonchev–Trinajstić information content (AvgIpc) is 3.33. The van der Waals surface area contributed by atoms with E-state index in [1.54, 1.807) is 12.1 Å². The van der Waals surface area contributed by atoms with E-state index in [0.29, 0.717) is 11.6 Å². The number of aromatic carboxylic acids is 1. The predicted molar refractivity (Wildman–Crippen MR) is 149 cm³/mol. The number of ether oxygens (including phenoxy) is 1. The van der Waals surface area contributed by atoms with Gasteiger partial charge in [-0.15, -0.1) is 0 Å². The van der Waals surface area contributed by atoms with Crippen molar-refractivity contribution in [1.29, 1.82) is 0 Å². The summed E-state index contributed by atoms with van der Waals surface area (Å²) in [5.74, 6) is -0.0340. The summed E-state index contributed by atoms with van der Waals surface area (Å²) in [6.45, 7) is 4.52. The number of piperidine rings is 1. The van der Waals surface area contributed by atoms with Crippen molar-refractivity contribution >= 4 is 18.0 Å². The van der Waals surface area contributed by atoms with E-state index in [1.807, 2.05) is 54.3 Å². The summed E-state index contributed by atoms with van der Waals surface area (Å²) in [6.07, 6.45) is 1.57. The van der Waals surface area contributed by atoms with E-state index < -0.39 is 12.0 Å². The van der Waals surface area contributed by atoms with Crippen molar-refractivity contribution in [3.8, 4) is 11.6 Å². The number of carboxylic acids is 1. The monoisotopic (exact) mass is 559 g/mol. The van der Waals surface area contributed by atoms with Gasteiger partial charge in [-0.3, -0.25) is 9.74 Å². The van der Waals surface area contributed by atoms with Gasteiger partial charge in [-0.2, -0.15) is 0 Å². The number of likely N-dealkylation sites (tertiary alicyclic amines) is 1. The summed E-state index contributed by atoms with van der Waals surface area (Å²) >= 11 is 0. The third-order valence-corrected chi connectivity index (χ3v) is 7.60. The molecule has 41 heavy (non-hydrogen) atoms. The molecule has 2 aromatic carbocycles. The second-order valence-corrected chi connectivity index (χ2v) is 10.2. The smallest absolute Gasteiger partial charge is 0.349 e. The molecule has 0 aliphatic carbocycles. The molecule has 0 bridgehead atoms. The molecule has 11 nitrogen and oxygen atoms in total. The molecule has 1 aromatic heterocycles. The van der Waals surface area contributed by atoms with Gasteiger partial charge in [-0.1, -0.05) is 36.4 Å². The van der Waals surface area contributed by atoms with Crippen LogP contribution in [0.3, 0.4) is 0 Å². The van der Waals surface area contributed by atoms with Crippen molar-refractivity contribution in [1.82, 2.24) is 25.2 Å². The van der Waals surface area contributed by atoms with Crippen LogP contribution in [0, 0.1) is 6.92 Å². The van der Waals surface area contributed by atoms with Crippen LogP contribution in [0.15, 0.2) is 66.7 Å². The second-order valence-electron chi connectivity index (χ2n) is 10.2. The first-order valence-corrected chi connectivity index (χ1v) is 13.5. The van der Waals surface area contributed by atoms with E-state index in [-0.39, 0.29) is 30.2 Å². The highest BCUT2D eigenvalue weighted by atomic mass is 16.6. The maximum absolute atomic E-state index is 13.4. The number of carbonyl (C=O) groups excluding carboxylic acids is 2. The summed E-state index contributed by atoms with van der Waals surface area (Å²) in [5, 5.41) is 9.06. The van der Waals surface area contributed by atoms with Gasteiger partial charge in [0.05, 0.1) is 25.3 Å². The Balaban J connectivity index is 1.21. The SMILES string of the molecule is CONC(=O)N1CC(c2ccccc2)N(C2CCN(Cc3ccc(Oc4ccc(C(=O)O)cc4)nc3C)CC2)C1=O. The quantitative estimate of drug-likeness (QED) is 0.384. The lowest BCUT2D eigenvalue weighted by Gasteiger charge is -2.39. The van der Waals surface area contributed by atoms with Gasteiger partial charge in [0.15, 0.2) is 0 Å². The van der Waals surface area contributed by atoms with Gasteiger partial charge < -0.3 is 14.7 Å². The Morgan fingerprint density at radius 2 is 1.73 bits per heavy atom. The number of aryl methyl sites for hydroxylation is 1. The Bertz CT molecular complexity index is 1390. The zero-order valence-corrected chi connectivity index (χ0v) is 23.0. The Labute approximate surface area is 238 Å². The Morgan fingerprint density at radius 1 is 1.02 bits per heavy atom. The molecule has 1 unspecified atom stereocenters. The second kappa shape index (κ2) is 12.4. The molecular formula is C30H33N5O6. The molecule has 214 valence electrons. The fraction of sp³-hybridized carbons (Fsp3) is 0.333. The van der Waals surface area contributed by atoms with Crippen LogP contribution >= 0.6 is 0 Å². The molecule has 0 spiro atoms. The summed E-state index contributed by atoms with van der Waals surface area (Å²) < 4.78 is 5.81. The number of rotatable bonds is 8. The largest absolute Gasteiger partial charge is 0.478 e. The summed E-state index contributed by atoms with van der Waals surface area (Å²) in [7, 11) is 1.35. The number of hydrogen-bond acceptors (Lipinski definition) is 7. The molecule has 11 heteroatoms. The molecular weight excluding hydrogens is 526 g/mol. The van der Waals surface area contributed by atoms with Crippen LogP contribution in [-0.4, -0.2) is 75.6 Å². The fourth-order valence-electron chi connectivity index (χ4n) is 5.45. The minimum Gasteiger partial charge on any atom is -0.478 e. The standard InChI is InChI=1S/C30H33N5O6/c1-20-23(10-13-27(31-20)41-25-11-8-22(9-12-25)28(36)37)18-33-16-14-24(15-17-33)35-26(21-6-4-3-5-7-21)19-34(30(35)39)29(38)32-40-2/h3-13,24,26H,14-19H2,1-2H3,(H,32,38)(H,36,37). The van der Waals surface area contributed by atoms with Crippen LogP contribution in [0.25, 0.3) is 0 Å². The molecule has 2 aliphatic heterocycles. The van der Waals surface area contributed by atoms with Gasteiger partial charge in [0, 0.05) is 37.4 Å². The van der Waals surface area contributed by atoms with Crippen LogP contribution in [0.1, 0.15) is 46.1 Å². The lowest BCUT2D eigenvalue weighted by Crippen LogP contribution is -2.48. The third kappa shape index (κ3) is 6.31. The number of carbonyl (C=O) groups is 3. The highest BCUT2D eigenvalue weighted by molar-refractivity contribution is 5.95. The topological polar surface area (TPSA) is 125 Å². The molecule has 2 fully saturated rings. The lowest BCUT2D eigenvalue weighted by atomic mass is 9.98. The van der Waals surface area contributed by atoms with Gasteiger partial charge in [0.1, 0.15) is 5.75 Å². The molecule has 3 heterocycles. The van der Waals surface area contributed by atoms with Crippen LogP contribution in [0.2, 0.25) is 0 Å². The van der Waals surface area contributed by atoms with Crippen molar-refractivity contribution in [3.63, 3.8) is 0 Å². The number of benzene rings is 2. The van der Waals surface area contributed by atoms with Gasteiger partial charge in [0.25, 0.3) is 0 Å². The van der Waals surface area contributed by atoms with Crippen molar-refractivity contribution in [2.45, 2.75) is 38.4 Å². The number of urea groups is 2. The number of imide groups is 1. The van der Waals surface area contributed by atoms with Crippen molar-refractivity contribution in [3.05, 3.63) is 89.1 Å². The molecule has 2 aliphatic rings. The zero-order valence-electron chi connectivity index (χ0n) is 23.0. The van der Waals surface area contributed by atoms with E-state index in [4.69, 9.17) is 14.7 Å². The van der Waals surface area contributed by atoms with Crippen molar-refractivity contribution in [2.24, 2.45) is 0 Å². The first-order chi connectivity index (χ1) is 19.8. The van der Waals surface area contributed by atoms with E-state index in [0.717, 1.165) is 49.3 Å². The van der Waals surface area contributed by atoms with Crippen molar-refractivity contribution in [2.75, 3.05) is 26.7 Å². The maximum Gasteiger partial charge on any atom is 0.349 e. The summed E-state index contributed by atoms with van der Waals surface area (Å²) in [5.41, 5.74) is 5.40. The van der Waals surface area contributed by atoms with E-state index in [1.165, 1.54) is 24.1 Å². The number of pyridine rings is 1. The van der Waals surface area contributed by atoms with Gasteiger partial charge >= 0.3 is 18.0 Å². The first kappa shape index (κ1) is 28.1. The van der Waals surface area contributed by atoms with Crippen LogP contribution in [0.4, 0.5) is 9.59 Å². The third-order valence-electron chi connectivity index (χ3n) is 7.60. The van der Waals surface area contributed by atoms with E-state index in [9.17, 15) is 14.4 Å². The maximum atomic E-state index is 13.4. The number of aromatic nitrogens is 1. The normalized spacial score (nSPS) is 18.0. The molecule has 0 saturated carbocycles. The number of nitrogens with one attached hydrogen (secondary N) is 1. The molecule has 0 radical (unpaired) electrons. The van der Waals surface area contributed by atoms with Crippen LogP contribution in [0.5, 0.6) is 11.6 Å².